The maximum absolute atomic E-state index is 12.9. The third-order valence-corrected chi connectivity index (χ3v) is 5.12. The molecule has 1 atom stereocenters. The van der Waals surface area contributed by atoms with Crippen LogP contribution < -0.4 is 5.56 Å². The van der Waals surface area contributed by atoms with Crippen LogP contribution in [-0.2, 0) is 0 Å². The monoisotopic (exact) mass is 375 g/mol. The van der Waals surface area contributed by atoms with Gasteiger partial charge in [0, 0.05) is 23.0 Å². The first-order valence-electron chi connectivity index (χ1n) is 9.57. The molecule has 1 N–H and O–H groups in total. The van der Waals surface area contributed by atoms with Crippen LogP contribution in [-0.4, -0.2) is 24.4 Å². The van der Waals surface area contributed by atoms with Gasteiger partial charge in [0.1, 0.15) is 0 Å². The lowest BCUT2D eigenvalue weighted by molar-refractivity contribution is 0.386. The van der Waals surface area contributed by atoms with E-state index in [1.54, 1.807) is 6.07 Å². The lowest BCUT2D eigenvalue weighted by Gasteiger charge is -2.22. The van der Waals surface area contributed by atoms with Crippen LogP contribution in [0.2, 0.25) is 0 Å². The topological polar surface area (TPSA) is 68.0 Å². The van der Waals surface area contributed by atoms with Crippen molar-refractivity contribution in [2.24, 2.45) is 5.92 Å². The van der Waals surface area contributed by atoms with Crippen molar-refractivity contribution in [3.63, 3.8) is 0 Å². The molecule has 28 heavy (non-hydrogen) atoms. The number of fused-ring (bicyclic) bond motifs is 1. The van der Waals surface area contributed by atoms with Gasteiger partial charge in [0.05, 0.1) is 17.4 Å². The van der Waals surface area contributed by atoms with E-state index in [0.29, 0.717) is 5.65 Å². The number of aromatic amines is 1. The number of rotatable bonds is 4. The molecule has 0 aliphatic carbocycles. The minimum absolute atomic E-state index is 0.106. The van der Waals surface area contributed by atoms with Gasteiger partial charge in [0.2, 0.25) is 0 Å². The fourth-order valence-electron chi connectivity index (χ4n) is 3.95. The van der Waals surface area contributed by atoms with E-state index < -0.39 is 0 Å². The number of benzene rings is 1. The first kappa shape index (κ1) is 18.2. The number of aryl methyl sites for hydroxylation is 3. The normalized spacial score (nSPS) is 12.8. The van der Waals surface area contributed by atoms with Crippen molar-refractivity contribution < 1.29 is 0 Å². The van der Waals surface area contributed by atoms with Gasteiger partial charge in [-0.3, -0.25) is 14.6 Å². The molecule has 0 saturated heterocycles. The summed E-state index contributed by atoms with van der Waals surface area (Å²) in [6.07, 6.45) is 0. The van der Waals surface area contributed by atoms with Crippen molar-refractivity contribution in [3.05, 3.63) is 75.6 Å². The highest BCUT2D eigenvalue weighted by Crippen LogP contribution is 2.30. The molecule has 0 spiro atoms. The Bertz CT molecular complexity index is 1200. The fourth-order valence-corrected chi connectivity index (χ4v) is 3.95. The van der Waals surface area contributed by atoms with E-state index in [1.165, 1.54) is 4.52 Å². The summed E-state index contributed by atoms with van der Waals surface area (Å²) >= 11 is 0. The highest BCUT2D eigenvalue weighted by Gasteiger charge is 2.25. The van der Waals surface area contributed by atoms with Crippen LogP contribution in [0.15, 0.2) is 47.3 Å². The Morgan fingerprint density at radius 3 is 2.36 bits per heavy atom. The first-order chi connectivity index (χ1) is 13.4. The number of aromatic nitrogens is 5. The molecule has 0 saturated carbocycles. The molecule has 0 aliphatic rings. The van der Waals surface area contributed by atoms with Crippen LogP contribution in [0.4, 0.5) is 0 Å². The Morgan fingerprint density at radius 2 is 1.75 bits per heavy atom. The van der Waals surface area contributed by atoms with Crippen LogP contribution >= 0.6 is 0 Å². The molecule has 0 bridgehead atoms. The number of nitrogens with one attached hydrogen (secondary N) is 1. The molecule has 0 aliphatic heterocycles. The van der Waals surface area contributed by atoms with Crippen molar-refractivity contribution in [1.82, 2.24) is 24.4 Å². The van der Waals surface area contributed by atoms with Crippen molar-refractivity contribution in [2.45, 2.75) is 40.7 Å². The molecule has 3 aromatic heterocycles. The molecule has 6 heteroatoms. The molecule has 3 heterocycles. The third-order valence-electron chi connectivity index (χ3n) is 5.12. The molecule has 0 radical (unpaired) electrons. The Hall–Kier alpha value is -3.15. The molecular formula is C22H25N5O. The lowest BCUT2D eigenvalue weighted by atomic mass is 10.00. The van der Waals surface area contributed by atoms with E-state index in [9.17, 15) is 4.79 Å². The van der Waals surface area contributed by atoms with Crippen LogP contribution in [0.1, 0.15) is 42.7 Å². The summed E-state index contributed by atoms with van der Waals surface area (Å²) in [5.41, 5.74) is 6.21. The SMILES string of the molecule is Cc1cc(C)n([C@@H](c2cc(=O)n3[nH]c(C)c(-c4ccccc4)c3n2)C(C)C)n1. The quantitative estimate of drug-likeness (QED) is 0.585. The van der Waals surface area contributed by atoms with Gasteiger partial charge in [-0.05, 0) is 38.3 Å². The highest BCUT2D eigenvalue weighted by atomic mass is 16.1. The second-order valence-electron chi connectivity index (χ2n) is 7.72. The molecule has 6 nitrogen and oxygen atoms in total. The predicted molar refractivity (Wildman–Crippen MR) is 111 cm³/mol. The minimum atomic E-state index is -0.113. The lowest BCUT2D eigenvalue weighted by Crippen LogP contribution is -2.24. The Labute approximate surface area is 163 Å². The van der Waals surface area contributed by atoms with Gasteiger partial charge in [-0.25, -0.2) is 9.50 Å². The summed E-state index contributed by atoms with van der Waals surface area (Å²) in [6, 6.07) is 13.6. The first-order valence-corrected chi connectivity index (χ1v) is 9.57. The van der Waals surface area contributed by atoms with E-state index in [4.69, 9.17) is 4.98 Å². The summed E-state index contributed by atoms with van der Waals surface area (Å²) in [5, 5.41) is 7.83. The molecule has 0 fully saturated rings. The van der Waals surface area contributed by atoms with Crippen LogP contribution in [0.5, 0.6) is 0 Å². The smallest absolute Gasteiger partial charge is 0.272 e. The zero-order chi connectivity index (χ0) is 20.0. The Balaban J connectivity index is 1.98. The summed E-state index contributed by atoms with van der Waals surface area (Å²) in [5.74, 6) is 0.229. The van der Waals surface area contributed by atoms with Gasteiger partial charge < -0.3 is 0 Å². The fraction of sp³-hybridized carbons (Fsp3) is 0.318. The highest BCUT2D eigenvalue weighted by molar-refractivity contribution is 5.79. The molecule has 4 rings (SSSR count). The number of hydrogen-bond acceptors (Lipinski definition) is 3. The Morgan fingerprint density at radius 1 is 1.04 bits per heavy atom. The second-order valence-corrected chi connectivity index (χ2v) is 7.72. The zero-order valence-corrected chi connectivity index (χ0v) is 16.9. The van der Waals surface area contributed by atoms with Crippen LogP contribution in [0.3, 0.4) is 0 Å². The van der Waals surface area contributed by atoms with E-state index in [1.807, 2.05) is 55.8 Å². The van der Waals surface area contributed by atoms with Gasteiger partial charge >= 0.3 is 0 Å². The molecular weight excluding hydrogens is 350 g/mol. The largest absolute Gasteiger partial charge is 0.293 e. The van der Waals surface area contributed by atoms with E-state index in [0.717, 1.165) is 33.9 Å². The molecule has 0 amide bonds. The second kappa shape index (κ2) is 6.78. The molecule has 0 unspecified atom stereocenters. The number of nitrogens with zero attached hydrogens (tertiary/aromatic N) is 4. The number of H-pyrrole nitrogens is 1. The minimum Gasteiger partial charge on any atom is -0.293 e. The van der Waals surface area contributed by atoms with Crippen molar-refractivity contribution in [1.29, 1.82) is 0 Å². The van der Waals surface area contributed by atoms with Gasteiger partial charge in [-0.2, -0.15) is 5.10 Å². The average molecular weight is 375 g/mol. The van der Waals surface area contributed by atoms with E-state index in [2.05, 4.69) is 30.1 Å². The van der Waals surface area contributed by atoms with Crippen molar-refractivity contribution >= 4 is 5.65 Å². The average Bonchev–Trinajstić information content (AvgIpc) is 3.14. The number of hydrogen-bond donors (Lipinski definition) is 1. The summed E-state index contributed by atoms with van der Waals surface area (Å²) in [7, 11) is 0. The van der Waals surface area contributed by atoms with Gasteiger partial charge in [-0.1, -0.05) is 44.2 Å². The summed E-state index contributed by atoms with van der Waals surface area (Å²) < 4.78 is 3.51. The van der Waals surface area contributed by atoms with Crippen LogP contribution in [0, 0.1) is 26.7 Å². The van der Waals surface area contributed by atoms with Gasteiger partial charge in [-0.15, -0.1) is 0 Å². The van der Waals surface area contributed by atoms with Crippen molar-refractivity contribution in [3.8, 4) is 11.1 Å². The van der Waals surface area contributed by atoms with E-state index in [-0.39, 0.29) is 17.5 Å². The molecule has 4 aromatic rings. The molecule has 144 valence electrons. The predicted octanol–water partition coefficient (Wildman–Crippen LogP) is 4.06. The molecule has 1 aromatic carbocycles. The van der Waals surface area contributed by atoms with Crippen LogP contribution in [0.25, 0.3) is 16.8 Å². The standard InChI is InChI=1S/C22H25N5O/c1-13(2)21(26-15(4)11-14(3)24-26)18-12-19(28)27-22(23-18)20(16(5)25-27)17-9-7-6-8-10-17/h6-13,21,25H,1-5H3/t21-/m1/s1. The maximum Gasteiger partial charge on any atom is 0.272 e. The zero-order valence-electron chi connectivity index (χ0n) is 16.9. The Kier molecular flexibility index (Phi) is 4.41. The van der Waals surface area contributed by atoms with Gasteiger partial charge in [0.25, 0.3) is 5.56 Å². The third kappa shape index (κ3) is 2.95. The van der Waals surface area contributed by atoms with Gasteiger partial charge in [0.15, 0.2) is 5.65 Å². The summed E-state index contributed by atoms with van der Waals surface area (Å²) in [4.78, 5) is 17.9. The van der Waals surface area contributed by atoms with E-state index >= 15 is 0 Å². The summed E-state index contributed by atoms with van der Waals surface area (Å²) in [6.45, 7) is 10.2. The maximum atomic E-state index is 12.9. The van der Waals surface area contributed by atoms with Crippen molar-refractivity contribution in [2.75, 3.05) is 0 Å².